The number of aliphatic hydroxyl groups excluding tert-OH is 1. The smallest absolute Gasteiger partial charge is 0.410 e. The molecule has 1 fully saturated rings. The molecule has 0 bridgehead atoms. The Morgan fingerprint density at radius 3 is 3.12 bits per heavy atom. The van der Waals surface area contributed by atoms with Gasteiger partial charge in [0.05, 0.1) is 6.61 Å². The van der Waals surface area contributed by atoms with Gasteiger partial charge in [-0.25, -0.2) is 4.79 Å². The molecule has 0 radical (unpaired) electrons. The fourth-order valence-corrected chi connectivity index (χ4v) is 1.79. The van der Waals surface area contributed by atoms with E-state index < -0.39 is 0 Å². The molecule has 5 nitrogen and oxygen atoms in total. The molecule has 1 unspecified atom stereocenters. The molecule has 0 spiro atoms. The van der Waals surface area contributed by atoms with Crippen molar-refractivity contribution in [3.05, 3.63) is 0 Å². The lowest BCUT2D eigenvalue weighted by Crippen LogP contribution is -2.54. The van der Waals surface area contributed by atoms with Gasteiger partial charge in [0.25, 0.3) is 0 Å². The van der Waals surface area contributed by atoms with Crippen molar-refractivity contribution in [1.82, 2.24) is 10.2 Å². The van der Waals surface area contributed by atoms with E-state index in [1.54, 1.807) is 4.90 Å². The number of amides is 1. The van der Waals surface area contributed by atoms with E-state index in [0.717, 1.165) is 25.9 Å². The third-order valence-electron chi connectivity index (χ3n) is 2.77. The van der Waals surface area contributed by atoms with Crippen LogP contribution < -0.4 is 5.32 Å². The van der Waals surface area contributed by atoms with Crippen molar-refractivity contribution in [3.63, 3.8) is 0 Å². The first-order valence-electron chi connectivity index (χ1n) is 6.04. The van der Waals surface area contributed by atoms with E-state index in [1.807, 2.05) is 0 Å². The number of aliphatic hydroxyl groups is 1. The summed E-state index contributed by atoms with van der Waals surface area (Å²) >= 11 is 0. The minimum Gasteiger partial charge on any atom is -0.449 e. The van der Waals surface area contributed by atoms with Gasteiger partial charge in [0, 0.05) is 32.3 Å². The van der Waals surface area contributed by atoms with Gasteiger partial charge in [0.1, 0.15) is 0 Å². The molecule has 1 saturated heterocycles. The van der Waals surface area contributed by atoms with Gasteiger partial charge in [-0.2, -0.15) is 0 Å². The van der Waals surface area contributed by atoms with Gasteiger partial charge < -0.3 is 20.1 Å². The quantitative estimate of drug-likeness (QED) is 0.678. The van der Waals surface area contributed by atoms with Crippen LogP contribution in [0.2, 0.25) is 0 Å². The molecule has 2 N–H and O–H groups in total. The summed E-state index contributed by atoms with van der Waals surface area (Å²) in [6.07, 6.45) is 2.29. The summed E-state index contributed by atoms with van der Waals surface area (Å²) in [5.41, 5.74) is 0. The highest BCUT2D eigenvalue weighted by atomic mass is 16.6. The van der Waals surface area contributed by atoms with Crippen molar-refractivity contribution in [2.24, 2.45) is 0 Å². The number of piperazine rings is 1. The molecule has 1 aliphatic rings. The molecule has 5 heteroatoms. The lowest BCUT2D eigenvalue weighted by molar-refractivity contribution is 0.0696. The molecular weight excluding hydrogens is 208 g/mol. The Balaban J connectivity index is 2.37. The number of carbonyl (C=O) groups is 1. The highest BCUT2D eigenvalue weighted by Crippen LogP contribution is 2.09. The Kier molecular flexibility index (Phi) is 6.18. The molecule has 94 valence electrons. The Hall–Kier alpha value is -0.810. The second-order valence-corrected chi connectivity index (χ2v) is 4.03. The Morgan fingerprint density at radius 1 is 1.62 bits per heavy atom. The van der Waals surface area contributed by atoms with Crippen molar-refractivity contribution in [2.75, 3.05) is 32.8 Å². The predicted octanol–water partition coefficient (Wildman–Crippen LogP) is 0.579. The van der Waals surface area contributed by atoms with Gasteiger partial charge in [-0.05, 0) is 12.8 Å². The van der Waals surface area contributed by atoms with Crippen molar-refractivity contribution in [1.29, 1.82) is 0 Å². The molecule has 1 rings (SSSR count). The highest BCUT2D eigenvalue weighted by molar-refractivity contribution is 5.68. The summed E-state index contributed by atoms with van der Waals surface area (Å²) in [4.78, 5) is 13.5. The van der Waals surface area contributed by atoms with Crippen LogP contribution in [0.1, 0.15) is 26.2 Å². The van der Waals surface area contributed by atoms with Crippen LogP contribution in [-0.2, 0) is 4.74 Å². The first kappa shape index (κ1) is 13.3. The molecule has 0 aromatic carbocycles. The summed E-state index contributed by atoms with van der Waals surface area (Å²) < 4.78 is 5.18. The summed E-state index contributed by atoms with van der Waals surface area (Å²) in [6.45, 7) is 4.85. The fourth-order valence-electron chi connectivity index (χ4n) is 1.79. The molecule has 1 atom stereocenters. The number of carbonyl (C=O) groups excluding carboxylic acids is 1. The van der Waals surface area contributed by atoms with E-state index in [1.165, 1.54) is 0 Å². The zero-order valence-electron chi connectivity index (χ0n) is 9.95. The number of hydrogen-bond acceptors (Lipinski definition) is 4. The first-order valence-corrected chi connectivity index (χ1v) is 6.04. The van der Waals surface area contributed by atoms with Gasteiger partial charge in [0.15, 0.2) is 0 Å². The maximum atomic E-state index is 11.8. The average molecular weight is 230 g/mol. The SMILES string of the molecule is CCCCOC(=O)N1CCNCC1CCO. The van der Waals surface area contributed by atoms with Crippen LogP contribution in [0.15, 0.2) is 0 Å². The van der Waals surface area contributed by atoms with Gasteiger partial charge >= 0.3 is 6.09 Å². The van der Waals surface area contributed by atoms with Gasteiger partial charge in [-0.3, -0.25) is 0 Å². The van der Waals surface area contributed by atoms with Gasteiger partial charge in [-0.15, -0.1) is 0 Å². The van der Waals surface area contributed by atoms with Crippen LogP contribution in [-0.4, -0.2) is 55.0 Å². The summed E-state index contributed by atoms with van der Waals surface area (Å²) in [5.74, 6) is 0. The molecule has 0 aromatic rings. The van der Waals surface area contributed by atoms with E-state index in [9.17, 15) is 4.79 Å². The van der Waals surface area contributed by atoms with Gasteiger partial charge in [0.2, 0.25) is 0 Å². The molecule has 1 aliphatic heterocycles. The number of unbranched alkanes of at least 4 members (excludes halogenated alkanes) is 1. The maximum absolute atomic E-state index is 11.8. The molecular formula is C11H22N2O3. The van der Waals surface area contributed by atoms with Crippen molar-refractivity contribution < 1.29 is 14.6 Å². The molecule has 0 aromatic heterocycles. The van der Waals surface area contributed by atoms with Crippen molar-refractivity contribution in [2.45, 2.75) is 32.2 Å². The standard InChI is InChI=1S/C11H22N2O3/c1-2-3-8-16-11(15)13-6-5-12-9-10(13)4-7-14/h10,12,14H,2-9H2,1H3. The van der Waals surface area contributed by atoms with Gasteiger partial charge in [-0.1, -0.05) is 13.3 Å². The maximum Gasteiger partial charge on any atom is 0.410 e. The van der Waals surface area contributed by atoms with Crippen molar-refractivity contribution >= 4 is 6.09 Å². The van der Waals surface area contributed by atoms with Crippen LogP contribution in [0, 0.1) is 0 Å². The summed E-state index contributed by atoms with van der Waals surface area (Å²) in [6, 6.07) is 0.0628. The monoisotopic (exact) mass is 230 g/mol. The van der Waals surface area contributed by atoms with E-state index in [2.05, 4.69) is 12.2 Å². The normalized spacial score (nSPS) is 20.9. The first-order chi connectivity index (χ1) is 7.79. The lowest BCUT2D eigenvalue weighted by Gasteiger charge is -2.35. The van der Waals surface area contributed by atoms with E-state index in [-0.39, 0.29) is 18.7 Å². The number of nitrogens with zero attached hydrogens (tertiary/aromatic N) is 1. The number of rotatable bonds is 5. The largest absolute Gasteiger partial charge is 0.449 e. The molecule has 0 aliphatic carbocycles. The van der Waals surface area contributed by atoms with Crippen molar-refractivity contribution in [3.8, 4) is 0 Å². The van der Waals surface area contributed by atoms with E-state index in [0.29, 0.717) is 19.6 Å². The van der Waals surface area contributed by atoms with Crippen LogP contribution in [0.25, 0.3) is 0 Å². The number of hydrogen-bond donors (Lipinski definition) is 2. The Labute approximate surface area is 96.8 Å². The fraction of sp³-hybridized carbons (Fsp3) is 0.909. The minimum absolute atomic E-state index is 0.0628. The second-order valence-electron chi connectivity index (χ2n) is 4.03. The zero-order valence-corrected chi connectivity index (χ0v) is 9.95. The summed E-state index contributed by atoms with van der Waals surface area (Å²) in [7, 11) is 0. The average Bonchev–Trinajstić information content (AvgIpc) is 2.30. The molecule has 16 heavy (non-hydrogen) atoms. The Morgan fingerprint density at radius 2 is 2.44 bits per heavy atom. The topological polar surface area (TPSA) is 61.8 Å². The second kappa shape index (κ2) is 7.46. The third kappa shape index (κ3) is 3.98. The molecule has 1 amide bonds. The van der Waals surface area contributed by atoms with Crippen LogP contribution in [0.3, 0.4) is 0 Å². The highest BCUT2D eigenvalue weighted by Gasteiger charge is 2.26. The third-order valence-corrected chi connectivity index (χ3v) is 2.77. The van der Waals surface area contributed by atoms with E-state index in [4.69, 9.17) is 9.84 Å². The predicted molar refractivity (Wildman–Crippen MR) is 61.3 cm³/mol. The lowest BCUT2D eigenvalue weighted by atomic mass is 10.1. The van der Waals surface area contributed by atoms with Crippen LogP contribution in [0.5, 0.6) is 0 Å². The van der Waals surface area contributed by atoms with Crippen LogP contribution >= 0.6 is 0 Å². The summed E-state index contributed by atoms with van der Waals surface area (Å²) in [5, 5.41) is 12.1. The van der Waals surface area contributed by atoms with E-state index >= 15 is 0 Å². The Bertz CT molecular complexity index is 209. The molecule has 0 saturated carbocycles. The number of ether oxygens (including phenoxy) is 1. The zero-order chi connectivity index (χ0) is 11.8. The number of nitrogens with one attached hydrogen (secondary N) is 1. The minimum atomic E-state index is -0.242. The molecule has 1 heterocycles. The van der Waals surface area contributed by atoms with Crippen LogP contribution in [0.4, 0.5) is 4.79 Å².